The van der Waals surface area contributed by atoms with Crippen LogP contribution in [0.15, 0.2) is 23.1 Å². The van der Waals surface area contributed by atoms with E-state index in [2.05, 4.69) is 38.6 Å². The summed E-state index contributed by atoms with van der Waals surface area (Å²) in [6, 6.07) is 6.24. The van der Waals surface area contributed by atoms with Gasteiger partial charge in [-0.1, -0.05) is 19.9 Å². The number of thiol groups is 1. The minimum absolute atomic E-state index is 0.544. The molecule has 0 amide bonds. The Morgan fingerprint density at radius 2 is 2.00 bits per heavy atom. The molecule has 2 N–H and O–H groups in total. The summed E-state index contributed by atoms with van der Waals surface area (Å²) in [5.74, 6) is 0.544. The van der Waals surface area contributed by atoms with Crippen molar-refractivity contribution in [2.45, 2.75) is 31.2 Å². The van der Waals surface area contributed by atoms with Crippen LogP contribution in [0.1, 0.15) is 30.9 Å². The van der Waals surface area contributed by atoms with Gasteiger partial charge in [0, 0.05) is 11.4 Å². The lowest BCUT2D eigenvalue weighted by atomic mass is 10.0. The first-order valence-corrected chi connectivity index (χ1v) is 4.61. The molecular weight excluding hydrogens is 166 g/mol. The molecule has 0 spiro atoms. The minimum atomic E-state index is 0.544. The maximum atomic E-state index is 5.55. The summed E-state index contributed by atoms with van der Waals surface area (Å²) in [7, 11) is 0. The fourth-order valence-corrected chi connectivity index (χ4v) is 1.47. The van der Waals surface area contributed by atoms with Crippen LogP contribution in [0.3, 0.4) is 0 Å². The molecular formula is C10H15NS. The predicted octanol–water partition coefficient (Wildman–Crippen LogP) is 2.56. The Kier molecular flexibility index (Phi) is 3.18. The highest BCUT2D eigenvalue weighted by Gasteiger charge is 2.01. The normalized spacial score (nSPS) is 10.8. The number of nitrogens with two attached hydrogens (primary N) is 1. The van der Waals surface area contributed by atoms with Crippen LogP contribution < -0.4 is 5.73 Å². The first-order chi connectivity index (χ1) is 5.63. The highest BCUT2D eigenvalue weighted by Crippen LogP contribution is 2.20. The van der Waals surface area contributed by atoms with Gasteiger partial charge in [0.2, 0.25) is 0 Å². The first kappa shape index (κ1) is 9.62. The quantitative estimate of drug-likeness (QED) is 0.674. The summed E-state index contributed by atoms with van der Waals surface area (Å²) in [6.07, 6.45) is 0. The van der Waals surface area contributed by atoms with Crippen molar-refractivity contribution in [3.63, 3.8) is 0 Å². The molecule has 0 heterocycles. The van der Waals surface area contributed by atoms with Crippen molar-refractivity contribution in [2.75, 3.05) is 0 Å². The van der Waals surface area contributed by atoms with E-state index in [1.54, 1.807) is 0 Å². The number of rotatable bonds is 2. The van der Waals surface area contributed by atoms with Crippen molar-refractivity contribution < 1.29 is 0 Å². The molecule has 0 radical (unpaired) electrons. The van der Waals surface area contributed by atoms with Crippen molar-refractivity contribution in [1.82, 2.24) is 0 Å². The van der Waals surface area contributed by atoms with E-state index in [0.717, 1.165) is 10.5 Å². The van der Waals surface area contributed by atoms with E-state index in [0.29, 0.717) is 12.5 Å². The number of hydrogen-bond donors (Lipinski definition) is 2. The molecule has 0 atom stereocenters. The van der Waals surface area contributed by atoms with Crippen molar-refractivity contribution in [3.05, 3.63) is 29.3 Å². The molecule has 0 bridgehead atoms. The molecule has 1 aromatic carbocycles. The fourth-order valence-electron chi connectivity index (χ4n) is 1.15. The lowest BCUT2D eigenvalue weighted by Gasteiger charge is -2.08. The Balaban J connectivity index is 3.06. The zero-order chi connectivity index (χ0) is 9.14. The van der Waals surface area contributed by atoms with Crippen LogP contribution in [0.25, 0.3) is 0 Å². The molecule has 0 saturated heterocycles. The summed E-state index contributed by atoms with van der Waals surface area (Å²) in [4.78, 5) is 1.00. The zero-order valence-corrected chi connectivity index (χ0v) is 8.44. The van der Waals surface area contributed by atoms with E-state index in [4.69, 9.17) is 5.73 Å². The van der Waals surface area contributed by atoms with Crippen molar-refractivity contribution in [3.8, 4) is 0 Å². The lowest BCUT2D eigenvalue weighted by molar-refractivity contribution is 0.856. The van der Waals surface area contributed by atoms with Gasteiger partial charge in [0.1, 0.15) is 0 Å². The van der Waals surface area contributed by atoms with Gasteiger partial charge in [-0.05, 0) is 29.2 Å². The van der Waals surface area contributed by atoms with Gasteiger partial charge in [-0.2, -0.15) is 0 Å². The van der Waals surface area contributed by atoms with E-state index < -0.39 is 0 Å². The van der Waals surface area contributed by atoms with Gasteiger partial charge in [-0.25, -0.2) is 0 Å². The van der Waals surface area contributed by atoms with Crippen molar-refractivity contribution >= 4 is 12.6 Å². The summed E-state index contributed by atoms with van der Waals surface area (Å²) >= 11 is 4.32. The van der Waals surface area contributed by atoms with Crippen LogP contribution in [-0.4, -0.2) is 0 Å². The summed E-state index contributed by atoms with van der Waals surface area (Å²) in [5.41, 5.74) is 8.02. The average molecular weight is 181 g/mol. The van der Waals surface area contributed by atoms with Gasteiger partial charge in [0.25, 0.3) is 0 Å². The van der Waals surface area contributed by atoms with Gasteiger partial charge in [-0.15, -0.1) is 12.6 Å². The Labute approximate surface area is 79.4 Å². The van der Waals surface area contributed by atoms with E-state index in [1.807, 2.05) is 6.07 Å². The average Bonchev–Trinajstić information content (AvgIpc) is 2.03. The lowest BCUT2D eigenvalue weighted by Crippen LogP contribution is -1.98. The van der Waals surface area contributed by atoms with Gasteiger partial charge in [0.05, 0.1) is 0 Å². The van der Waals surface area contributed by atoms with E-state index in [1.165, 1.54) is 5.56 Å². The second-order valence-corrected chi connectivity index (χ2v) is 3.81. The smallest absolute Gasteiger partial charge is 0.0178 e. The van der Waals surface area contributed by atoms with Crippen molar-refractivity contribution in [1.29, 1.82) is 0 Å². The second kappa shape index (κ2) is 3.97. The molecule has 0 unspecified atom stereocenters. The first-order valence-electron chi connectivity index (χ1n) is 4.16. The SMILES string of the molecule is CC(C)c1cc(S)cc(CN)c1. The highest BCUT2D eigenvalue weighted by atomic mass is 32.1. The standard InChI is InChI=1S/C10H15NS/c1-7(2)9-3-8(6-11)4-10(12)5-9/h3-5,7,12H,6,11H2,1-2H3. The predicted molar refractivity (Wildman–Crippen MR) is 55.7 cm³/mol. The van der Waals surface area contributed by atoms with Crippen LogP contribution in [0.4, 0.5) is 0 Å². The maximum Gasteiger partial charge on any atom is 0.0178 e. The molecule has 0 aliphatic heterocycles. The van der Waals surface area contributed by atoms with Gasteiger partial charge in [-0.3, -0.25) is 0 Å². The Morgan fingerprint density at radius 3 is 2.50 bits per heavy atom. The Morgan fingerprint density at radius 1 is 1.33 bits per heavy atom. The topological polar surface area (TPSA) is 26.0 Å². The molecule has 1 rings (SSSR count). The zero-order valence-electron chi connectivity index (χ0n) is 7.54. The minimum Gasteiger partial charge on any atom is -0.326 e. The van der Waals surface area contributed by atoms with Gasteiger partial charge < -0.3 is 5.73 Å². The Hall–Kier alpha value is -0.470. The molecule has 0 aliphatic rings. The second-order valence-electron chi connectivity index (χ2n) is 3.29. The Bertz CT molecular complexity index is 269. The third-order valence-corrected chi connectivity index (χ3v) is 2.16. The van der Waals surface area contributed by atoms with Crippen LogP contribution >= 0.6 is 12.6 Å². The van der Waals surface area contributed by atoms with Crippen LogP contribution in [0.5, 0.6) is 0 Å². The van der Waals surface area contributed by atoms with Crippen molar-refractivity contribution in [2.24, 2.45) is 5.73 Å². The molecule has 1 aromatic rings. The summed E-state index contributed by atoms with van der Waals surface area (Å²) in [6.45, 7) is 4.93. The molecule has 12 heavy (non-hydrogen) atoms. The third-order valence-electron chi connectivity index (χ3n) is 1.90. The highest BCUT2D eigenvalue weighted by molar-refractivity contribution is 7.80. The van der Waals surface area contributed by atoms with Crippen LogP contribution in [0, 0.1) is 0 Å². The summed E-state index contributed by atoms with van der Waals surface area (Å²) < 4.78 is 0. The van der Waals surface area contributed by atoms with E-state index in [9.17, 15) is 0 Å². The van der Waals surface area contributed by atoms with E-state index in [-0.39, 0.29) is 0 Å². The maximum absolute atomic E-state index is 5.55. The van der Waals surface area contributed by atoms with Gasteiger partial charge >= 0.3 is 0 Å². The molecule has 0 aliphatic carbocycles. The largest absolute Gasteiger partial charge is 0.326 e. The number of benzene rings is 1. The van der Waals surface area contributed by atoms with Crippen LogP contribution in [0.2, 0.25) is 0 Å². The molecule has 1 nitrogen and oxygen atoms in total. The number of hydrogen-bond acceptors (Lipinski definition) is 2. The van der Waals surface area contributed by atoms with Gasteiger partial charge in [0.15, 0.2) is 0 Å². The molecule has 66 valence electrons. The van der Waals surface area contributed by atoms with E-state index >= 15 is 0 Å². The molecule has 2 heteroatoms. The third kappa shape index (κ3) is 2.26. The molecule has 0 saturated carbocycles. The van der Waals surface area contributed by atoms with Crippen LogP contribution in [-0.2, 0) is 6.54 Å². The monoisotopic (exact) mass is 181 g/mol. The molecule has 0 aromatic heterocycles. The fraction of sp³-hybridized carbons (Fsp3) is 0.400. The molecule has 0 fully saturated rings. The summed E-state index contributed by atoms with van der Waals surface area (Å²) in [5, 5.41) is 0.